The molecule has 4 heteroatoms. The summed E-state index contributed by atoms with van der Waals surface area (Å²) in [6.45, 7) is 0. The highest BCUT2D eigenvalue weighted by molar-refractivity contribution is 5.95. The van der Waals surface area contributed by atoms with Crippen LogP contribution in [0.3, 0.4) is 0 Å². The van der Waals surface area contributed by atoms with Crippen molar-refractivity contribution in [3.05, 3.63) is 66.1 Å². The van der Waals surface area contributed by atoms with Crippen molar-refractivity contribution in [1.82, 2.24) is 4.98 Å². The maximum Gasteiger partial charge on any atom is 0.124 e. The van der Waals surface area contributed by atoms with Crippen molar-refractivity contribution in [1.29, 1.82) is 5.26 Å². The number of nitrogens with zero attached hydrogens (tertiary/aromatic N) is 2. The molecule has 0 fully saturated rings. The minimum Gasteiger partial charge on any atom is -0.354 e. The standard InChI is InChI=1S/C16H10FN3/c17-12-6-7-15-14(8-12)16(11(9-18)10-19-15)20-13-4-2-1-3-5-13/h1-8,10H,(H,19,20). The van der Waals surface area contributed by atoms with Gasteiger partial charge >= 0.3 is 0 Å². The summed E-state index contributed by atoms with van der Waals surface area (Å²) in [5, 5.41) is 13.0. The summed E-state index contributed by atoms with van der Waals surface area (Å²) >= 11 is 0. The molecule has 0 atom stereocenters. The Morgan fingerprint density at radius 1 is 1.10 bits per heavy atom. The lowest BCUT2D eigenvalue weighted by molar-refractivity contribution is 0.629. The molecule has 0 saturated carbocycles. The SMILES string of the molecule is N#Cc1cnc2ccc(F)cc2c1Nc1ccccc1. The lowest BCUT2D eigenvalue weighted by atomic mass is 10.1. The predicted molar refractivity (Wildman–Crippen MR) is 76.1 cm³/mol. The molecule has 3 aromatic rings. The Morgan fingerprint density at radius 3 is 2.65 bits per heavy atom. The fourth-order valence-electron chi connectivity index (χ4n) is 2.05. The molecule has 1 aromatic heterocycles. The van der Waals surface area contributed by atoms with E-state index >= 15 is 0 Å². The Labute approximate surface area is 115 Å². The predicted octanol–water partition coefficient (Wildman–Crippen LogP) is 3.99. The minimum atomic E-state index is -0.356. The third-order valence-corrected chi connectivity index (χ3v) is 2.99. The van der Waals surface area contributed by atoms with Crippen LogP contribution in [-0.2, 0) is 0 Å². The van der Waals surface area contributed by atoms with E-state index in [4.69, 9.17) is 0 Å². The number of anilines is 2. The average Bonchev–Trinajstić information content (AvgIpc) is 2.49. The smallest absolute Gasteiger partial charge is 0.124 e. The van der Waals surface area contributed by atoms with Gasteiger partial charge in [-0.25, -0.2) is 4.39 Å². The number of hydrogen-bond donors (Lipinski definition) is 1. The van der Waals surface area contributed by atoms with Gasteiger partial charge in [-0.1, -0.05) is 18.2 Å². The summed E-state index contributed by atoms with van der Waals surface area (Å²) in [5.41, 5.74) is 2.43. The third kappa shape index (κ3) is 2.17. The van der Waals surface area contributed by atoms with E-state index in [1.165, 1.54) is 18.3 Å². The number of pyridine rings is 1. The van der Waals surface area contributed by atoms with Crippen molar-refractivity contribution < 1.29 is 4.39 Å². The van der Waals surface area contributed by atoms with Crippen LogP contribution in [0.25, 0.3) is 10.9 Å². The van der Waals surface area contributed by atoms with E-state index in [-0.39, 0.29) is 5.82 Å². The van der Waals surface area contributed by atoms with Gasteiger partial charge in [-0.15, -0.1) is 0 Å². The lowest BCUT2D eigenvalue weighted by Crippen LogP contribution is -1.97. The highest BCUT2D eigenvalue weighted by Crippen LogP contribution is 2.29. The van der Waals surface area contributed by atoms with Gasteiger partial charge in [0.25, 0.3) is 0 Å². The largest absolute Gasteiger partial charge is 0.354 e. The molecule has 0 spiro atoms. The topological polar surface area (TPSA) is 48.7 Å². The van der Waals surface area contributed by atoms with Gasteiger partial charge in [0.15, 0.2) is 0 Å². The Morgan fingerprint density at radius 2 is 1.90 bits per heavy atom. The summed E-state index contributed by atoms with van der Waals surface area (Å²) in [7, 11) is 0. The highest BCUT2D eigenvalue weighted by Gasteiger charge is 2.10. The molecule has 0 saturated heterocycles. The molecule has 20 heavy (non-hydrogen) atoms. The number of nitriles is 1. The molecule has 3 nitrogen and oxygen atoms in total. The second-order valence-electron chi connectivity index (χ2n) is 4.31. The molecule has 1 N–H and O–H groups in total. The molecule has 3 rings (SSSR count). The molecule has 0 aliphatic rings. The van der Waals surface area contributed by atoms with Crippen LogP contribution in [-0.4, -0.2) is 4.98 Å². The Bertz CT molecular complexity index is 807. The molecule has 0 amide bonds. The van der Waals surface area contributed by atoms with E-state index < -0.39 is 0 Å². The maximum atomic E-state index is 13.5. The molecule has 2 aromatic carbocycles. The molecule has 0 bridgehead atoms. The van der Waals surface area contributed by atoms with E-state index in [1.807, 2.05) is 30.3 Å². The van der Waals surface area contributed by atoms with Crippen molar-refractivity contribution in [3.8, 4) is 6.07 Å². The first-order valence-electron chi connectivity index (χ1n) is 6.08. The average molecular weight is 263 g/mol. The number of hydrogen-bond acceptors (Lipinski definition) is 3. The van der Waals surface area contributed by atoms with Gasteiger partial charge in [0, 0.05) is 17.3 Å². The van der Waals surface area contributed by atoms with Crippen molar-refractivity contribution in [2.24, 2.45) is 0 Å². The van der Waals surface area contributed by atoms with Gasteiger partial charge in [-0.05, 0) is 30.3 Å². The first kappa shape index (κ1) is 12.1. The highest BCUT2D eigenvalue weighted by atomic mass is 19.1. The van der Waals surface area contributed by atoms with Gasteiger partial charge < -0.3 is 5.32 Å². The van der Waals surface area contributed by atoms with Crippen molar-refractivity contribution in [2.45, 2.75) is 0 Å². The third-order valence-electron chi connectivity index (χ3n) is 2.99. The molecule has 96 valence electrons. The Hall–Kier alpha value is -2.93. The zero-order valence-electron chi connectivity index (χ0n) is 10.5. The van der Waals surface area contributed by atoms with Crippen LogP contribution in [0.1, 0.15) is 5.56 Å². The number of benzene rings is 2. The fraction of sp³-hybridized carbons (Fsp3) is 0. The van der Waals surface area contributed by atoms with Crippen LogP contribution in [0.5, 0.6) is 0 Å². The monoisotopic (exact) mass is 263 g/mol. The van der Waals surface area contributed by atoms with Gasteiger partial charge in [0.1, 0.15) is 11.9 Å². The number of nitrogens with one attached hydrogen (secondary N) is 1. The quantitative estimate of drug-likeness (QED) is 0.760. The summed E-state index contributed by atoms with van der Waals surface area (Å²) in [6, 6.07) is 15.9. The lowest BCUT2D eigenvalue weighted by Gasteiger charge is -2.11. The number of rotatable bonds is 2. The van der Waals surface area contributed by atoms with Crippen LogP contribution in [0.15, 0.2) is 54.7 Å². The van der Waals surface area contributed by atoms with E-state index in [2.05, 4.69) is 16.4 Å². The van der Waals surface area contributed by atoms with Gasteiger partial charge in [0.2, 0.25) is 0 Å². The second kappa shape index (κ2) is 4.98. The second-order valence-corrected chi connectivity index (χ2v) is 4.31. The van der Waals surface area contributed by atoms with E-state index in [1.54, 1.807) is 6.07 Å². The molecule has 0 aliphatic heterocycles. The van der Waals surface area contributed by atoms with Crippen molar-refractivity contribution in [2.75, 3.05) is 5.32 Å². The molecule has 0 aliphatic carbocycles. The number of fused-ring (bicyclic) bond motifs is 1. The fourth-order valence-corrected chi connectivity index (χ4v) is 2.05. The minimum absolute atomic E-state index is 0.356. The van der Waals surface area contributed by atoms with Crippen LogP contribution >= 0.6 is 0 Å². The zero-order valence-corrected chi connectivity index (χ0v) is 10.5. The van der Waals surface area contributed by atoms with E-state index in [0.29, 0.717) is 22.2 Å². The Kier molecular flexibility index (Phi) is 3.02. The van der Waals surface area contributed by atoms with Crippen LogP contribution in [0.4, 0.5) is 15.8 Å². The van der Waals surface area contributed by atoms with Crippen molar-refractivity contribution >= 4 is 22.3 Å². The van der Waals surface area contributed by atoms with Gasteiger partial charge in [-0.3, -0.25) is 4.98 Å². The summed E-state index contributed by atoms with van der Waals surface area (Å²) < 4.78 is 13.5. The number of aromatic nitrogens is 1. The molecule has 0 radical (unpaired) electrons. The Balaban J connectivity index is 2.21. The first-order chi connectivity index (χ1) is 9.78. The first-order valence-corrected chi connectivity index (χ1v) is 6.08. The van der Waals surface area contributed by atoms with Crippen LogP contribution in [0.2, 0.25) is 0 Å². The van der Waals surface area contributed by atoms with E-state index in [0.717, 1.165) is 5.69 Å². The normalized spacial score (nSPS) is 10.2. The molecule has 0 unspecified atom stereocenters. The number of halogens is 1. The summed E-state index contributed by atoms with van der Waals surface area (Å²) in [4.78, 5) is 4.17. The number of para-hydroxylation sites is 1. The van der Waals surface area contributed by atoms with Crippen molar-refractivity contribution in [3.63, 3.8) is 0 Å². The van der Waals surface area contributed by atoms with Crippen LogP contribution in [0, 0.1) is 17.1 Å². The summed E-state index contributed by atoms with van der Waals surface area (Å²) in [6.07, 6.45) is 1.49. The molecular weight excluding hydrogens is 253 g/mol. The van der Waals surface area contributed by atoms with Gasteiger partial charge in [0.05, 0.1) is 16.8 Å². The zero-order chi connectivity index (χ0) is 13.9. The molecule has 1 heterocycles. The maximum absolute atomic E-state index is 13.5. The summed E-state index contributed by atoms with van der Waals surface area (Å²) in [5.74, 6) is -0.356. The molecular formula is C16H10FN3. The van der Waals surface area contributed by atoms with E-state index in [9.17, 15) is 9.65 Å². The van der Waals surface area contributed by atoms with Gasteiger partial charge in [-0.2, -0.15) is 5.26 Å². The van der Waals surface area contributed by atoms with Crippen LogP contribution < -0.4 is 5.32 Å².